The number of hydrogen-bond acceptors (Lipinski definition) is 7. The molecule has 0 aliphatic rings. The highest BCUT2D eigenvalue weighted by molar-refractivity contribution is 7.11. The fraction of sp³-hybridized carbons (Fsp3) is 0.375. The molecule has 8 heteroatoms. The highest BCUT2D eigenvalue weighted by Gasteiger charge is 2.24. The Morgan fingerprint density at radius 3 is 2.46 bits per heavy atom. The van der Waals surface area contributed by atoms with E-state index in [1.807, 2.05) is 0 Å². The van der Waals surface area contributed by atoms with E-state index in [1.54, 1.807) is 27.7 Å². The number of carbonyl (C=O) groups is 3. The predicted molar refractivity (Wildman–Crippen MR) is 87.7 cm³/mol. The van der Waals surface area contributed by atoms with Crippen LogP contribution in [0.5, 0.6) is 0 Å². The number of aryl methyl sites for hydroxylation is 2. The van der Waals surface area contributed by atoms with Gasteiger partial charge in [-0.1, -0.05) is 0 Å². The number of aromatic nitrogens is 2. The summed E-state index contributed by atoms with van der Waals surface area (Å²) in [6, 6.07) is 0. The maximum atomic E-state index is 12.3. The number of H-pyrrole nitrogens is 1. The molecule has 2 rings (SSSR count). The molecule has 0 aliphatic heterocycles. The largest absolute Gasteiger partial charge is 0.462 e. The van der Waals surface area contributed by atoms with Crippen LogP contribution in [0.15, 0.2) is 5.51 Å². The molecule has 7 nitrogen and oxygen atoms in total. The smallest absolute Gasteiger partial charge is 0.350 e. The fourth-order valence-electron chi connectivity index (χ4n) is 2.30. The average Bonchev–Trinajstić information content (AvgIpc) is 3.08. The Morgan fingerprint density at radius 2 is 1.88 bits per heavy atom. The molecule has 0 spiro atoms. The van der Waals surface area contributed by atoms with Crippen molar-refractivity contribution in [2.45, 2.75) is 27.7 Å². The molecule has 0 amide bonds. The van der Waals surface area contributed by atoms with Crippen LogP contribution in [0, 0.1) is 20.8 Å². The normalized spacial score (nSPS) is 10.5. The van der Waals surface area contributed by atoms with Crippen molar-refractivity contribution in [3.8, 4) is 0 Å². The van der Waals surface area contributed by atoms with E-state index in [0.29, 0.717) is 27.4 Å². The first-order valence-electron chi connectivity index (χ1n) is 7.33. The molecule has 0 atom stereocenters. The maximum Gasteiger partial charge on any atom is 0.350 e. The summed E-state index contributed by atoms with van der Waals surface area (Å²) in [4.78, 5) is 43.4. The molecular formula is C16H18N2O5S. The minimum Gasteiger partial charge on any atom is -0.462 e. The van der Waals surface area contributed by atoms with Gasteiger partial charge >= 0.3 is 11.9 Å². The summed E-state index contributed by atoms with van der Waals surface area (Å²) in [7, 11) is 0. The second-order valence-electron chi connectivity index (χ2n) is 5.11. The topological polar surface area (TPSA) is 98.4 Å². The van der Waals surface area contributed by atoms with Crippen molar-refractivity contribution in [1.82, 2.24) is 9.97 Å². The van der Waals surface area contributed by atoms with Crippen molar-refractivity contribution < 1.29 is 23.9 Å². The molecule has 0 bridgehead atoms. The zero-order chi connectivity index (χ0) is 17.9. The van der Waals surface area contributed by atoms with E-state index in [4.69, 9.17) is 9.47 Å². The molecule has 0 saturated heterocycles. The van der Waals surface area contributed by atoms with Gasteiger partial charge in [0.2, 0.25) is 5.78 Å². The van der Waals surface area contributed by atoms with E-state index in [2.05, 4.69) is 9.97 Å². The number of nitrogens with zero attached hydrogens (tertiary/aromatic N) is 1. The van der Waals surface area contributed by atoms with Gasteiger partial charge in [0.25, 0.3) is 0 Å². The SMILES string of the molecule is CCOC(=O)c1c(C)[nH]c(C(=O)COC(=O)c2scnc2C)c1C. The van der Waals surface area contributed by atoms with Crippen molar-refractivity contribution in [1.29, 1.82) is 0 Å². The minimum atomic E-state index is -0.588. The summed E-state index contributed by atoms with van der Waals surface area (Å²) in [5.74, 6) is -1.49. The first-order valence-corrected chi connectivity index (χ1v) is 8.21. The second-order valence-corrected chi connectivity index (χ2v) is 5.97. The summed E-state index contributed by atoms with van der Waals surface area (Å²) in [6.07, 6.45) is 0. The number of ether oxygens (including phenoxy) is 2. The van der Waals surface area contributed by atoms with Crippen LogP contribution in [0.2, 0.25) is 0 Å². The molecule has 128 valence electrons. The summed E-state index contributed by atoms with van der Waals surface area (Å²) in [5.41, 5.74) is 3.71. The van der Waals surface area contributed by atoms with E-state index in [-0.39, 0.29) is 12.3 Å². The van der Waals surface area contributed by atoms with Gasteiger partial charge in [-0.05, 0) is 33.3 Å². The number of nitrogens with one attached hydrogen (secondary N) is 1. The molecule has 2 aromatic rings. The molecule has 0 unspecified atom stereocenters. The average molecular weight is 350 g/mol. The van der Waals surface area contributed by atoms with E-state index in [0.717, 1.165) is 11.3 Å². The number of rotatable bonds is 6. The number of hydrogen-bond donors (Lipinski definition) is 1. The third kappa shape index (κ3) is 3.53. The Labute approximate surface area is 143 Å². The highest BCUT2D eigenvalue weighted by Crippen LogP contribution is 2.20. The second kappa shape index (κ2) is 7.39. The zero-order valence-electron chi connectivity index (χ0n) is 13.9. The van der Waals surface area contributed by atoms with Crippen LogP contribution in [-0.4, -0.2) is 40.9 Å². The van der Waals surface area contributed by atoms with Gasteiger partial charge < -0.3 is 14.5 Å². The summed E-state index contributed by atoms with van der Waals surface area (Å²) in [6.45, 7) is 6.57. The lowest BCUT2D eigenvalue weighted by Gasteiger charge is -2.04. The van der Waals surface area contributed by atoms with E-state index in [1.165, 1.54) is 5.51 Å². The van der Waals surface area contributed by atoms with Gasteiger partial charge in [0.05, 0.1) is 29.1 Å². The third-order valence-electron chi connectivity index (χ3n) is 3.46. The molecule has 0 saturated carbocycles. The Balaban J connectivity index is 2.11. The van der Waals surface area contributed by atoms with Crippen molar-refractivity contribution in [3.05, 3.63) is 38.6 Å². The van der Waals surface area contributed by atoms with Crippen LogP contribution >= 0.6 is 11.3 Å². The maximum absolute atomic E-state index is 12.3. The first-order chi connectivity index (χ1) is 11.4. The molecule has 1 N–H and O–H groups in total. The van der Waals surface area contributed by atoms with Gasteiger partial charge in [0, 0.05) is 5.69 Å². The zero-order valence-corrected chi connectivity index (χ0v) is 14.7. The van der Waals surface area contributed by atoms with Crippen LogP contribution in [0.3, 0.4) is 0 Å². The van der Waals surface area contributed by atoms with Crippen molar-refractivity contribution in [3.63, 3.8) is 0 Å². The van der Waals surface area contributed by atoms with Crippen LogP contribution < -0.4 is 0 Å². The predicted octanol–water partition coefficient (Wildman–Crippen LogP) is 2.61. The lowest BCUT2D eigenvalue weighted by atomic mass is 10.1. The number of aromatic amines is 1. The number of carbonyl (C=O) groups excluding carboxylic acids is 3. The Hall–Kier alpha value is -2.48. The fourth-order valence-corrected chi connectivity index (χ4v) is 3.00. The van der Waals surface area contributed by atoms with Crippen LogP contribution in [-0.2, 0) is 9.47 Å². The molecule has 0 fully saturated rings. The highest BCUT2D eigenvalue weighted by atomic mass is 32.1. The monoisotopic (exact) mass is 350 g/mol. The van der Waals surface area contributed by atoms with Gasteiger partial charge in [-0.15, -0.1) is 11.3 Å². The minimum absolute atomic E-state index is 0.240. The Kier molecular flexibility index (Phi) is 5.50. The van der Waals surface area contributed by atoms with Gasteiger partial charge in [0.15, 0.2) is 6.61 Å². The van der Waals surface area contributed by atoms with Gasteiger partial charge in [-0.25, -0.2) is 14.6 Å². The molecule has 0 aliphatic carbocycles. The summed E-state index contributed by atoms with van der Waals surface area (Å²) >= 11 is 1.16. The van der Waals surface area contributed by atoms with Gasteiger partial charge in [-0.2, -0.15) is 0 Å². The van der Waals surface area contributed by atoms with E-state index < -0.39 is 24.3 Å². The quantitative estimate of drug-likeness (QED) is 0.635. The molecule has 24 heavy (non-hydrogen) atoms. The molecule has 0 radical (unpaired) electrons. The third-order valence-corrected chi connectivity index (χ3v) is 4.37. The first kappa shape index (κ1) is 17.9. The van der Waals surface area contributed by atoms with Crippen LogP contribution in [0.25, 0.3) is 0 Å². The van der Waals surface area contributed by atoms with Crippen LogP contribution in [0.1, 0.15) is 54.4 Å². The Morgan fingerprint density at radius 1 is 1.17 bits per heavy atom. The van der Waals surface area contributed by atoms with E-state index in [9.17, 15) is 14.4 Å². The molecule has 2 heterocycles. The van der Waals surface area contributed by atoms with Crippen molar-refractivity contribution in [2.75, 3.05) is 13.2 Å². The summed E-state index contributed by atoms with van der Waals surface area (Å²) < 4.78 is 10.0. The number of esters is 2. The molecule has 2 aromatic heterocycles. The van der Waals surface area contributed by atoms with Crippen LogP contribution in [0.4, 0.5) is 0 Å². The Bertz CT molecular complexity index is 790. The number of Topliss-reactive ketones (excluding diaryl/α,β-unsaturated/α-hetero) is 1. The standard InChI is InChI=1S/C16H18N2O5S/c1-5-22-15(20)12-8(2)13(18-9(12)3)11(19)6-23-16(21)14-10(4)17-7-24-14/h7,18H,5-6H2,1-4H3. The van der Waals surface area contributed by atoms with E-state index >= 15 is 0 Å². The molecular weight excluding hydrogens is 332 g/mol. The van der Waals surface area contributed by atoms with Gasteiger partial charge in [-0.3, -0.25) is 4.79 Å². The van der Waals surface area contributed by atoms with Crippen molar-refractivity contribution >= 4 is 29.1 Å². The lowest BCUT2D eigenvalue weighted by molar-refractivity contribution is 0.0476. The number of ketones is 1. The number of thiazole rings is 1. The lowest BCUT2D eigenvalue weighted by Crippen LogP contribution is -2.15. The summed E-state index contributed by atoms with van der Waals surface area (Å²) in [5, 5.41) is 0. The molecule has 0 aromatic carbocycles. The van der Waals surface area contributed by atoms with Crippen molar-refractivity contribution in [2.24, 2.45) is 0 Å². The van der Waals surface area contributed by atoms with Gasteiger partial charge in [0.1, 0.15) is 4.88 Å².